The molecule has 9 heteroatoms. The molecule has 0 spiro atoms. The lowest BCUT2D eigenvalue weighted by Crippen LogP contribution is -2.24. The first-order valence-electron chi connectivity index (χ1n) is 11.0. The van der Waals surface area contributed by atoms with E-state index in [1.807, 2.05) is 32.0 Å². The molecule has 1 N–H and O–H groups in total. The van der Waals surface area contributed by atoms with Crippen LogP contribution in [0.15, 0.2) is 65.8 Å². The van der Waals surface area contributed by atoms with Crippen LogP contribution in [-0.2, 0) is 4.79 Å². The summed E-state index contributed by atoms with van der Waals surface area (Å²) in [5, 5.41) is 14.7. The van der Waals surface area contributed by atoms with Crippen LogP contribution in [0.4, 0.5) is 5.69 Å². The molecule has 0 fully saturated rings. The zero-order valence-electron chi connectivity index (χ0n) is 19.3. The van der Waals surface area contributed by atoms with Crippen molar-refractivity contribution in [3.63, 3.8) is 0 Å². The van der Waals surface area contributed by atoms with Crippen LogP contribution in [0.2, 0.25) is 0 Å². The summed E-state index contributed by atoms with van der Waals surface area (Å²) in [7, 11) is 0. The standard InChI is InChI=1S/C26H21N5O3S/c1-14-8-10-18(12-15(14)2)31-26(28-29-30-31)35-16(3)25(34)27-17-9-11-21-22(13-17)24(33)20-7-5-4-6-19(20)23(21)32/h4-13,16H,1-3H3,(H,27,34). The van der Waals surface area contributed by atoms with Crippen molar-refractivity contribution >= 4 is 34.9 Å². The summed E-state index contributed by atoms with van der Waals surface area (Å²) in [6.07, 6.45) is 0. The maximum atomic E-state index is 13.0. The minimum absolute atomic E-state index is 0.199. The number of benzene rings is 3. The van der Waals surface area contributed by atoms with Crippen molar-refractivity contribution in [3.05, 3.63) is 94.0 Å². The molecule has 1 amide bonds. The van der Waals surface area contributed by atoms with E-state index in [9.17, 15) is 14.4 Å². The minimum Gasteiger partial charge on any atom is -0.325 e. The summed E-state index contributed by atoms with van der Waals surface area (Å²) in [6, 6.07) is 17.4. The quantitative estimate of drug-likeness (QED) is 0.374. The van der Waals surface area contributed by atoms with Gasteiger partial charge in [-0.15, -0.1) is 5.10 Å². The number of aromatic nitrogens is 4. The van der Waals surface area contributed by atoms with Gasteiger partial charge in [0.25, 0.3) is 0 Å². The monoisotopic (exact) mass is 483 g/mol. The molecule has 1 aromatic heterocycles. The molecule has 8 nitrogen and oxygen atoms in total. The van der Waals surface area contributed by atoms with Crippen LogP contribution in [0.25, 0.3) is 5.69 Å². The molecule has 3 aromatic carbocycles. The number of fused-ring (bicyclic) bond motifs is 2. The van der Waals surface area contributed by atoms with Gasteiger partial charge < -0.3 is 5.32 Å². The SMILES string of the molecule is Cc1ccc(-n2nnnc2SC(C)C(=O)Nc2ccc3c(c2)C(=O)c2ccccc2C3=O)cc1C. The van der Waals surface area contributed by atoms with Crippen LogP contribution in [0, 0.1) is 13.8 Å². The van der Waals surface area contributed by atoms with Crippen molar-refractivity contribution in [2.45, 2.75) is 31.2 Å². The van der Waals surface area contributed by atoms with Gasteiger partial charge in [-0.3, -0.25) is 14.4 Å². The van der Waals surface area contributed by atoms with Crippen LogP contribution >= 0.6 is 11.8 Å². The molecule has 1 aliphatic rings. The molecule has 1 unspecified atom stereocenters. The van der Waals surface area contributed by atoms with Crippen LogP contribution in [-0.4, -0.2) is 42.9 Å². The molecule has 35 heavy (non-hydrogen) atoms. The number of hydrogen-bond acceptors (Lipinski definition) is 7. The van der Waals surface area contributed by atoms with Crippen molar-refractivity contribution in [2.75, 3.05) is 5.32 Å². The molecule has 174 valence electrons. The Kier molecular flexibility index (Phi) is 5.78. The predicted molar refractivity (Wildman–Crippen MR) is 132 cm³/mol. The molecule has 1 aliphatic carbocycles. The number of carbonyl (C=O) groups is 3. The van der Waals surface area contributed by atoms with Crippen LogP contribution in [0.1, 0.15) is 49.9 Å². The normalized spacial score (nSPS) is 13.2. The highest BCUT2D eigenvalue weighted by atomic mass is 32.2. The van der Waals surface area contributed by atoms with E-state index in [0.29, 0.717) is 27.5 Å². The first-order valence-corrected chi connectivity index (χ1v) is 11.9. The fraction of sp³-hybridized carbons (Fsp3) is 0.154. The molecule has 1 heterocycles. The third kappa shape index (κ3) is 4.15. The number of amides is 1. The Morgan fingerprint density at radius 2 is 1.57 bits per heavy atom. The lowest BCUT2D eigenvalue weighted by molar-refractivity contribution is -0.115. The highest BCUT2D eigenvalue weighted by Gasteiger charge is 2.29. The number of tetrazole rings is 1. The van der Waals surface area contributed by atoms with Gasteiger partial charge in [0, 0.05) is 27.9 Å². The van der Waals surface area contributed by atoms with Crippen molar-refractivity contribution < 1.29 is 14.4 Å². The van der Waals surface area contributed by atoms with Gasteiger partial charge in [-0.2, -0.15) is 4.68 Å². The number of thioether (sulfide) groups is 1. The van der Waals surface area contributed by atoms with E-state index < -0.39 is 5.25 Å². The molecule has 0 radical (unpaired) electrons. The van der Waals surface area contributed by atoms with Gasteiger partial charge in [0.15, 0.2) is 11.6 Å². The average Bonchev–Trinajstić information content (AvgIpc) is 3.32. The van der Waals surface area contributed by atoms with Gasteiger partial charge in [-0.1, -0.05) is 42.1 Å². The Hall–Kier alpha value is -4.11. The number of aryl methyl sites for hydroxylation is 2. The van der Waals surface area contributed by atoms with Crippen molar-refractivity contribution in [3.8, 4) is 5.69 Å². The molecular weight excluding hydrogens is 462 g/mol. The smallest absolute Gasteiger partial charge is 0.237 e. The fourth-order valence-electron chi connectivity index (χ4n) is 3.90. The molecule has 0 saturated heterocycles. The molecule has 5 rings (SSSR count). The van der Waals surface area contributed by atoms with Crippen LogP contribution < -0.4 is 5.32 Å². The predicted octanol–water partition coefficient (Wildman–Crippen LogP) is 4.17. The van der Waals surface area contributed by atoms with Gasteiger partial charge in [-0.25, -0.2) is 0 Å². The highest BCUT2D eigenvalue weighted by molar-refractivity contribution is 8.00. The summed E-state index contributed by atoms with van der Waals surface area (Å²) in [4.78, 5) is 38.7. The van der Waals surface area contributed by atoms with E-state index in [0.717, 1.165) is 16.8 Å². The van der Waals surface area contributed by atoms with Crippen molar-refractivity contribution in [1.82, 2.24) is 20.2 Å². The van der Waals surface area contributed by atoms with Gasteiger partial charge in [0.05, 0.1) is 10.9 Å². The van der Waals surface area contributed by atoms with E-state index >= 15 is 0 Å². The second-order valence-corrected chi connectivity index (χ2v) is 9.66. The molecular formula is C26H21N5O3S. The van der Waals surface area contributed by atoms with Crippen molar-refractivity contribution in [1.29, 1.82) is 0 Å². The maximum Gasteiger partial charge on any atom is 0.237 e. The zero-order chi connectivity index (χ0) is 24.7. The van der Waals surface area contributed by atoms with Crippen LogP contribution in [0.5, 0.6) is 0 Å². The Balaban J connectivity index is 1.33. The fourth-order valence-corrected chi connectivity index (χ4v) is 4.71. The summed E-state index contributed by atoms with van der Waals surface area (Å²) in [5.74, 6) is -0.712. The first-order chi connectivity index (χ1) is 16.8. The van der Waals surface area contributed by atoms with Crippen LogP contribution in [0.3, 0.4) is 0 Å². The summed E-state index contributed by atoms with van der Waals surface area (Å²) >= 11 is 1.22. The van der Waals surface area contributed by atoms with E-state index in [-0.39, 0.29) is 23.0 Å². The van der Waals surface area contributed by atoms with E-state index in [4.69, 9.17) is 0 Å². The van der Waals surface area contributed by atoms with Gasteiger partial charge >= 0.3 is 0 Å². The van der Waals surface area contributed by atoms with Gasteiger partial charge in [0.2, 0.25) is 11.1 Å². The Morgan fingerprint density at radius 1 is 0.886 bits per heavy atom. The number of nitrogens with one attached hydrogen (secondary N) is 1. The third-order valence-corrected chi connectivity index (χ3v) is 7.05. The molecule has 0 saturated carbocycles. The van der Waals surface area contributed by atoms with Gasteiger partial charge in [0.1, 0.15) is 0 Å². The number of anilines is 1. The molecule has 4 aromatic rings. The number of rotatable bonds is 5. The Bertz CT molecular complexity index is 1510. The maximum absolute atomic E-state index is 13.0. The average molecular weight is 484 g/mol. The van der Waals surface area contributed by atoms with E-state index in [2.05, 4.69) is 20.8 Å². The van der Waals surface area contributed by atoms with Gasteiger partial charge in [-0.05, 0) is 72.7 Å². The molecule has 0 bridgehead atoms. The summed E-state index contributed by atoms with van der Waals surface area (Å²) in [6.45, 7) is 5.80. The van der Waals surface area contributed by atoms with E-state index in [1.165, 1.54) is 11.8 Å². The molecule has 1 atom stereocenters. The number of ketones is 2. The Morgan fingerprint density at radius 3 is 2.29 bits per heavy atom. The summed E-state index contributed by atoms with van der Waals surface area (Å²) < 4.78 is 1.60. The first kappa shape index (κ1) is 22.7. The number of hydrogen-bond donors (Lipinski definition) is 1. The Labute approximate surface area is 205 Å². The highest BCUT2D eigenvalue weighted by Crippen LogP contribution is 2.30. The number of carbonyl (C=O) groups excluding carboxylic acids is 3. The summed E-state index contributed by atoms with van der Waals surface area (Å²) in [5.41, 5.74) is 4.91. The largest absolute Gasteiger partial charge is 0.325 e. The minimum atomic E-state index is -0.527. The lowest BCUT2D eigenvalue weighted by Gasteiger charge is -2.18. The second kappa shape index (κ2) is 8.92. The third-order valence-electron chi connectivity index (χ3n) is 6.02. The van der Waals surface area contributed by atoms with E-state index in [1.54, 1.807) is 54.1 Å². The number of nitrogens with zero attached hydrogens (tertiary/aromatic N) is 4. The lowest BCUT2D eigenvalue weighted by atomic mass is 9.84. The second-order valence-electron chi connectivity index (χ2n) is 8.36. The zero-order valence-corrected chi connectivity index (χ0v) is 20.1. The molecule has 0 aliphatic heterocycles. The topological polar surface area (TPSA) is 107 Å². The van der Waals surface area contributed by atoms with Crippen molar-refractivity contribution in [2.24, 2.45) is 0 Å².